The van der Waals surface area contributed by atoms with Gasteiger partial charge in [-0.2, -0.15) is 0 Å². The Balaban J connectivity index is 1.57. The van der Waals surface area contributed by atoms with Crippen LogP contribution in [0.3, 0.4) is 0 Å². The molecule has 0 unspecified atom stereocenters. The van der Waals surface area contributed by atoms with Crippen LogP contribution in [0.2, 0.25) is 0 Å². The number of nitrogens with zero attached hydrogens (tertiary/aromatic N) is 3. The van der Waals surface area contributed by atoms with Crippen molar-refractivity contribution in [2.75, 3.05) is 18.0 Å². The van der Waals surface area contributed by atoms with Gasteiger partial charge in [-0.3, -0.25) is 14.5 Å². The predicted molar refractivity (Wildman–Crippen MR) is 148 cm³/mol. The molecule has 5 rings (SSSR count). The predicted octanol–water partition coefficient (Wildman–Crippen LogP) is 4.42. The molecule has 0 radical (unpaired) electrons. The van der Waals surface area contributed by atoms with E-state index in [2.05, 4.69) is 4.98 Å². The van der Waals surface area contributed by atoms with Gasteiger partial charge in [-0.1, -0.05) is 30.3 Å². The number of amides is 2. The number of aliphatic hydroxyl groups is 1. The second kappa shape index (κ2) is 11.1. The fourth-order valence-corrected chi connectivity index (χ4v) is 6.61. The van der Waals surface area contributed by atoms with Crippen LogP contribution in [0.25, 0.3) is 10.8 Å². The van der Waals surface area contributed by atoms with Crippen LogP contribution in [0.15, 0.2) is 47.2 Å². The second-order valence-corrected chi connectivity index (χ2v) is 11.8. The third kappa shape index (κ3) is 5.28. The first-order valence-electron chi connectivity index (χ1n) is 13.3. The number of hydrogen-bond donors (Lipinski definition) is 2. The van der Waals surface area contributed by atoms with E-state index < -0.39 is 29.4 Å². The van der Waals surface area contributed by atoms with E-state index in [1.54, 1.807) is 6.92 Å². The van der Waals surface area contributed by atoms with Crippen LogP contribution >= 0.6 is 11.3 Å². The molecule has 3 aromatic rings. The van der Waals surface area contributed by atoms with Crippen LogP contribution in [-0.2, 0) is 14.3 Å². The van der Waals surface area contributed by atoms with E-state index in [1.165, 1.54) is 37.6 Å². The van der Waals surface area contributed by atoms with Gasteiger partial charge in [0.2, 0.25) is 11.8 Å². The molecular weight excluding hydrogens is 534 g/mol. The minimum absolute atomic E-state index is 0.0622. The minimum atomic E-state index is -1.77. The molecule has 1 saturated carbocycles. The molecule has 212 valence electrons. The number of anilines is 1. The van der Waals surface area contributed by atoms with Gasteiger partial charge in [0, 0.05) is 6.54 Å². The number of fused-ring (bicyclic) bond motifs is 1. The Labute approximate surface area is 236 Å². The summed E-state index contributed by atoms with van der Waals surface area (Å²) in [7, 11) is 0. The topological polar surface area (TPSA) is 133 Å². The van der Waals surface area contributed by atoms with E-state index in [-0.39, 0.29) is 30.9 Å². The van der Waals surface area contributed by atoms with Crippen molar-refractivity contribution < 1.29 is 33.8 Å². The molecule has 2 aliphatic rings. The fourth-order valence-electron chi connectivity index (χ4n) is 5.36. The molecule has 1 fully saturated rings. The number of imide groups is 1. The van der Waals surface area contributed by atoms with Crippen molar-refractivity contribution in [3.8, 4) is 10.8 Å². The molecule has 0 bridgehead atoms. The molecule has 10 nitrogen and oxygen atoms in total. The Kier molecular flexibility index (Phi) is 7.80. The Hall–Kier alpha value is -3.54. The SMILES string of the molecule is Cc1c(-c2ncco2)sc2c1C(=O)N(C(C)(C)C(=O)O)C(=O)CN2C[C@H](OC1CCC(O)CC1)c1ccccc1. The van der Waals surface area contributed by atoms with Crippen molar-refractivity contribution in [2.45, 2.75) is 70.3 Å². The van der Waals surface area contributed by atoms with Crippen LogP contribution < -0.4 is 4.90 Å². The molecule has 0 spiro atoms. The van der Waals surface area contributed by atoms with Crippen molar-refractivity contribution in [3.05, 3.63) is 59.5 Å². The molecule has 1 aliphatic heterocycles. The van der Waals surface area contributed by atoms with E-state index in [0.29, 0.717) is 34.2 Å². The van der Waals surface area contributed by atoms with Crippen LogP contribution in [0.4, 0.5) is 5.00 Å². The summed E-state index contributed by atoms with van der Waals surface area (Å²) in [6.45, 7) is 4.50. The number of aromatic nitrogens is 1. The highest BCUT2D eigenvalue weighted by Crippen LogP contribution is 2.45. The number of aliphatic hydroxyl groups excluding tert-OH is 1. The number of oxazole rings is 1. The largest absolute Gasteiger partial charge is 0.480 e. The average molecular weight is 568 g/mol. The first kappa shape index (κ1) is 28.0. The summed E-state index contributed by atoms with van der Waals surface area (Å²) in [4.78, 5) is 47.3. The zero-order valence-corrected chi connectivity index (χ0v) is 23.5. The van der Waals surface area contributed by atoms with Gasteiger partial charge in [0.05, 0.1) is 35.4 Å². The summed E-state index contributed by atoms with van der Waals surface area (Å²) in [5, 5.41) is 20.5. The summed E-state index contributed by atoms with van der Waals surface area (Å²) < 4.78 is 12.1. The Morgan fingerprint density at radius 1 is 1.20 bits per heavy atom. The van der Waals surface area contributed by atoms with E-state index >= 15 is 0 Å². The van der Waals surface area contributed by atoms with E-state index in [9.17, 15) is 24.6 Å². The monoisotopic (exact) mass is 567 g/mol. The number of rotatable bonds is 8. The highest BCUT2D eigenvalue weighted by atomic mass is 32.1. The van der Waals surface area contributed by atoms with Crippen molar-refractivity contribution in [3.63, 3.8) is 0 Å². The first-order chi connectivity index (χ1) is 19.1. The first-order valence-corrected chi connectivity index (χ1v) is 14.2. The Morgan fingerprint density at radius 2 is 1.90 bits per heavy atom. The number of carboxylic acid groups (broad SMARTS) is 1. The number of carbonyl (C=O) groups is 3. The number of thiophene rings is 1. The maximum Gasteiger partial charge on any atom is 0.329 e. The van der Waals surface area contributed by atoms with Crippen LogP contribution in [-0.4, -0.2) is 68.7 Å². The van der Waals surface area contributed by atoms with Crippen LogP contribution in [0.5, 0.6) is 0 Å². The van der Waals surface area contributed by atoms with Gasteiger partial charge < -0.3 is 24.3 Å². The Morgan fingerprint density at radius 3 is 2.52 bits per heavy atom. The lowest BCUT2D eigenvalue weighted by Gasteiger charge is -2.34. The van der Waals surface area contributed by atoms with Crippen molar-refractivity contribution >= 4 is 34.1 Å². The fraction of sp³-hybridized carbons (Fsp3) is 0.448. The van der Waals surface area contributed by atoms with Gasteiger partial charge in [0.1, 0.15) is 22.9 Å². The smallest absolute Gasteiger partial charge is 0.329 e. The van der Waals surface area contributed by atoms with Crippen molar-refractivity contribution in [2.24, 2.45) is 0 Å². The van der Waals surface area contributed by atoms with Gasteiger partial charge in [0.25, 0.3) is 5.91 Å². The van der Waals surface area contributed by atoms with Gasteiger partial charge >= 0.3 is 5.97 Å². The lowest BCUT2D eigenvalue weighted by atomic mass is 9.94. The van der Waals surface area contributed by atoms with Gasteiger partial charge in [0.15, 0.2) is 0 Å². The molecule has 2 N–H and O–H groups in total. The summed E-state index contributed by atoms with van der Waals surface area (Å²) in [5.41, 5.74) is -0.0261. The number of benzene rings is 1. The van der Waals surface area contributed by atoms with Gasteiger partial charge in [-0.15, -0.1) is 11.3 Å². The Bertz CT molecular complexity index is 1380. The van der Waals surface area contributed by atoms with Crippen molar-refractivity contribution in [1.29, 1.82) is 0 Å². The molecule has 0 saturated heterocycles. The van der Waals surface area contributed by atoms with Gasteiger partial charge in [-0.25, -0.2) is 9.78 Å². The van der Waals surface area contributed by atoms with E-state index in [1.807, 2.05) is 35.2 Å². The molecule has 1 aliphatic carbocycles. The average Bonchev–Trinajstić information content (AvgIpc) is 3.55. The van der Waals surface area contributed by atoms with E-state index in [4.69, 9.17) is 9.15 Å². The molecule has 1 atom stereocenters. The second-order valence-electron chi connectivity index (χ2n) is 10.8. The standard InChI is InChI=1S/C29H33N3O7S/c1-17-23-26(35)32(29(2,3)28(36)37)22(34)16-31(27(23)40-24(17)25-30-13-14-38-25)15-21(18-7-5-4-6-8-18)39-20-11-9-19(33)10-12-20/h4-8,13-14,19-21,33H,9-12,15-16H2,1-3H3,(H,36,37)/t19?,20?,21-/m0/s1. The number of hydrogen-bond acceptors (Lipinski definition) is 9. The quantitative estimate of drug-likeness (QED) is 0.379. The summed E-state index contributed by atoms with van der Waals surface area (Å²) >= 11 is 1.29. The minimum Gasteiger partial charge on any atom is -0.480 e. The summed E-state index contributed by atoms with van der Waals surface area (Å²) in [5.74, 6) is -2.21. The number of ether oxygens (including phenoxy) is 1. The lowest BCUT2D eigenvalue weighted by molar-refractivity contribution is -0.153. The molecular formula is C29H33N3O7S. The van der Waals surface area contributed by atoms with Crippen LogP contribution in [0, 0.1) is 6.92 Å². The normalized spacial score (nSPS) is 20.8. The highest BCUT2D eigenvalue weighted by molar-refractivity contribution is 7.20. The van der Waals surface area contributed by atoms with Gasteiger partial charge in [-0.05, 0) is 57.6 Å². The molecule has 40 heavy (non-hydrogen) atoms. The summed E-state index contributed by atoms with van der Waals surface area (Å²) in [6, 6.07) is 9.69. The van der Waals surface area contributed by atoms with Crippen LogP contribution in [0.1, 0.15) is 67.1 Å². The highest BCUT2D eigenvalue weighted by Gasteiger charge is 2.47. The lowest BCUT2D eigenvalue weighted by Crippen LogP contribution is -2.57. The number of carboxylic acids is 1. The number of carbonyl (C=O) groups excluding carboxylic acids is 2. The van der Waals surface area contributed by atoms with E-state index in [0.717, 1.165) is 23.3 Å². The maximum absolute atomic E-state index is 14.0. The van der Waals surface area contributed by atoms with Crippen molar-refractivity contribution in [1.82, 2.24) is 9.88 Å². The zero-order valence-electron chi connectivity index (χ0n) is 22.7. The molecule has 2 aromatic heterocycles. The molecule has 1 aromatic carbocycles. The zero-order chi connectivity index (χ0) is 28.6. The molecule has 2 amide bonds. The summed E-state index contributed by atoms with van der Waals surface area (Å²) in [6.07, 6.45) is 4.91. The molecule has 3 heterocycles. The maximum atomic E-state index is 14.0. The number of aliphatic carboxylic acids is 1. The third-order valence-electron chi connectivity index (χ3n) is 7.67. The third-order valence-corrected chi connectivity index (χ3v) is 9.02. The molecule has 11 heteroatoms.